The molecule has 0 unspecified atom stereocenters. The third-order valence-corrected chi connectivity index (χ3v) is 2.72. The molecule has 4 nitrogen and oxygen atoms in total. The Kier molecular flexibility index (Phi) is 3.70. The number of nitriles is 1. The molecular formula is C13H13FN4. The van der Waals surface area contributed by atoms with Crippen LogP contribution >= 0.6 is 0 Å². The van der Waals surface area contributed by atoms with Gasteiger partial charge in [0.2, 0.25) is 0 Å². The molecule has 0 aliphatic carbocycles. The Morgan fingerprint density at radius 3 is 2.94 bits per heavy atom. The molecule has 2 rings (SSSR count). The number of nitrogens with zero attached hydrogens (tertiary/aromatic N) is 3. The Labute approximate surface area is 105 Å². The number of rotatable bonds is 4. The Morgan fingerprint density at radius 2 is 2.28 bits per heavy atom. The number of imidazole rings is 1. The van der Waals surface area contributed by atoms with Crippen molar-refractivity contribution < 1.29 is 4.39 Å². The predicted octanol–water partition coefficient (Wildman–Crippen LogP) is 1.72. The van der Waals surface area contributed by atoms with Crippen molar-refractivity contribution in [2.45, 2.75) is 13.1 Å². The van der Waals surface area contributed by atoms with E-state index in [4.69, 9.17) is 5.26 Å². The lowest BCUT2D eigenvalue weighted by Crippen LogP contribution is -2.16. The normalized spacial score (nSPS) is 10.3. The molecule has 18 heavy (non-hydrogen) atoms. The molecule has 2 aromatic rings. The van der Waals surface area contributed by atoms with Gasteiger partial charge in [0.1, 0.15) is 17.7 Å². The van der Waals surface area contributed by atoms with Gasteiger partial charge in [-0.05, 0) is 6.07 Å². The average molecular weight is 244 g/mol. The topological polar surface area (TPSA) is 53.6 Å². The number of benzene rings is 1. The first-order chi connectivity index (χ1) is 8.72. The van der Waals surface area contributed by atoms with Crippen LogP contribution in [0.15, 0.2) is 30.6 Å². The van der Waals surface area contributed by atoms with Gasteiger partial charge in [-0.1, -0.05) is 12.1 Å². The van der Waals surface area contributed by atoms with Crippen LogP contribution in [0.2, 0.25) is 0 Å². The molecule has 0 radical (unpaired) electrons. The van der Waals surface area contributed by atoms with Crippen molar-refractivity contribution in [1.82, 2.24) is 14.9 Å². The van der Waals surface area contributed by atoms with E-state index in [2.05, 4.69) is 10.3 Å². The maximum atomic E-state index is 13.7. The van der Waals surface area contributed by atoms with E-state index >= 15 is 0 Å². The van der Waals surface area contributed by atoms with Crippen molar-refractivity contribution in [2.75, 3.05) is 0 Å². The van der Waals surface area contributed by atoms with Crippen LogP contribution in [0, 0.1) is 17.1 Å². The molecule has 1 heterocycles. The van der Waals surface area contributed by atoms with Gasteiger partial charge in [-0.15, -0.1) is 0 Å². The molecule has 0 aliphatic rings. The van der Waals surface area contributed by atoms with Crippen LogP contribution < -0.4 is 5.32 Å². The number of hydrogen-bond acceptors (Lipinski definition) is 3. The smallest absolute Gasteiger partial charge is 0.145 e. The summed E-state index contributed by atoms with van der Waals surface area (Å²) < 4.78 is 15.6. The number of nitrogens with one attached hydrogen (secondary N) is 1. The van der Waals surface area contributed by atoms with Crippen molar-refractivity contribution in [1.29, 1.82) is 5.26 Å². The molecule has 92 valence electrons. The molecule has 0 spiro atoms. The van der Waals surface area contributed by atoms with E-state index < -0.39 is 5.82 Å². The van der Waals surface area contributed by atoms with Crippen LogP contribution in [-0.4, -0.2) is 9.55 Å². The third-order valence-electron chi connectivity index (χ3n) is 2.72. The third kappa shape index (κ3) is 2.55. The molecule has 0 fully saturated rings. The second kappa shape index (κ2) is 5.43. The van der Waals surface area contributed by atoms with Crippen LogP contribution in [-0.2, 0) is 20.1 Å². The first-order valence-electron chi connectivity index (χ1n) is 5.56. The SMILES string of the molecule is Cn1ccnc1CNCc1cccc(C#N)c1F. The minimum absolute atomic E-state index is 0.0753. The number of hydrogen-bond donors (Lipinski definition) is 1. The van der Waals surface area contributed by atoms with Gasteiger partial charge < -0.3 is 9.88 Å². The molecule has 1 aromatic heterocycles. The summed E-state index contributed by atoms with van der Waals surface area (Å²) in [7, 11) is 1.90. The van der Waals surface area contributed by atoms with Crippen LogP contribution in [0.5, 0.6) is 0 Å². The maximum absolute atomic E-state index is 13.7. The molecular weight excluding hydrogens is 231 g/mol. The summed E-state index contributed by atoms with van der Waals surface area (Å²) in [6, 6.07) is 6.65. The van der Waals surface area contributed by atoms with E-state index in [1.54, 1.807) is 18.3 Å². The largest absolute Gasteiger partial charge is 0.337 e. The van der Waals surface area contributed by atoms with Crippen molar-refractivity contribution >= 4 is 0 Å². The zero-order valence-corrected chi connectivity index (χ0v) is 10.0. The quantitative estimate of drug-likeness (QED) is 0.891. The summed E-state index contributed by atoms with van der Waals surface area (Å²) >= 11 is 0. The monoisotopic (exact) mass is 244 g/mol. The molecule has 0 atom stereocenters. The van der Waals surface area contributed by atoms with E-state index in [-0.39, 0.29) is 5.56 Å². The Hall–Kier alpha value is -2.19. The van der Waals surface area contributed by atoms with Gasteiger partial charge in [0.15, 0.2) is 0 Å². The van der Waals surface area contributed by atoms with E-state index in [9.17, 15) is 4.39 Å². The fraction of sp³-hybridized carbons (Fsp3) is 0.231. The standard InChI is InChI=1S/C13H13FN4/c1-18-6-5-17-12(18)9-16-8-11-4-2-3-10(7-15)13(11)14/h2-6,16H,8-9H2,1H3. The van der Waals surface area contributed by atoms with Gasteiger partial charge in [-0.2, -0.15) is 5.26 Å². The van der Waals surface area contributed by atoms with Crippen molar-refractivity contribution in [3.63, 3.8) is 0 Å². The molecule has 0 bridgehead atoms. The molecule has 1 N–H and O–H groups in total. The first-order valence-corrected chi connectivity index (χ1v) is 5.56. The zero-order chi connectivity index (χ0) is 13.0. The molecule has 1 aromatic carbocycles. The molecule has 0 saturated heterocycles. The molecule has 5 heteroatoms. The van der Waals surface area contributed by atoms with Crippen LogP contribution in [0.1, 0.15) is 17.0 Å². The lowest BCUT2D eigenvalue weighted by atomic mass is 10.1. The van der Waals surface area contributed by atoms with Gasteiger partial charge in [-0.3, -0.25) is 0 Å². The van der Waals surface area contributed by atoms with Crippen LogP contribution in [0.3, 0.4) is 0 Å². The second-order valence-corrected chi connectivity index (χ2v) is 3.95. The van der Waals surface area contributed by atoms with Crippen molar-refractivity contribution in [3.05, 3.63) is 53.4 Å². The number of aryl methyl sites for hydroxylation is 1. The average Bonchev–Trinajstić information content (AvgIpc) is 2.77. The number of aromatic nitrogens is 2. The van der Waals surface area contributed by atoms with Gasteiger partial charge in [0, 0.05) is 31.5 Å². The maximum Gasteiger partial charge on any atom is 0.145 e. The Morgan fingerprint density at radius 1 is 1.44 bits per heavy atom. The van der Waals surface area contributed by atoms with Crippen molar-refractivity contribution in [3.8, 4) is 6.07 Å². The molecule has 0 amide bonds. The highest BCUT2D eigenvalue weighted by Gasteiger charge is 2.07. The summed E-state index contributed by atoms with van der Waals surface area (Å²) in [5.41, 5.74) is 0.564. The van der Waals surface area contributed by atoms with Crippen LogP contribution in [0.4, 0.5) is 4.39 Å². The van der Waals surface area contributed by atoms with E-state index in [1.165, 1.54) is 6.07 Å². The summed E-state index contributed by atoms with van der Waals surface area (Å²) in [6.07, 6.45) is 3.57. The Balaban J connectivity index is 1.99. The lowest BCUT2D eigenvalue weighted by Gasteiger charge is -2.06. The minimum Gasteiger partial charge on any atom is -0.337 e. The van der Waals surface area contributed by atoms with Gasteiger partial charge in [-0.25, -0.2) is 9.37 Å². The molecule has 0 aliphatic heterocycles. The fourth-order valence-corrected chi connectivity index (χ4v) is 1.68. The number of halogens is 1. The van der Waals surface area contributed by atoms with Gasteiger partial charge in [0.05, 0.1) is 12.1 Å². The highest BCUT2D eigenvalue weighted by atomic mass is 19.1. The summed E-state index contributed by atoms with van der Waals surface area (Å²) in [4.78, 5) is 4.16. The highest BCUT2D eigenvalue weighted by Crippen LogP contribution is 2.11. The Bertz CT molecular complexity index is 583. The summed E-state index contributed by atoms with van der Waals surface area (Å²) in [6.45, 7) is 0.925. The fourth-order valence-electron chi connectivity index (χ4n) is 1.68. The highest BCUT2D eigenvalue weighted by molar-refractivity contribution is 5.34. The zero-order valence-electron chi connectivity index (χ0n) is 10.0. The first kappa shape index (κ1) is 12.3. The minimum atomic E-state index is -0.452. The molecule has 0 saturated carbocycles. The van der Waals surface area contributed by atoms with Crippen LogP contribution in [0.25, 0.3) is 0 Å². The van der Waals surface area contributed by atoms with Gasteiger partial charge in [0.25, 0.3) is 0 Å². The van der Waals surface area contributed by atoms with Gasteiger partial charge >= 0.3 is 0 Å². The van der Waals surface area contributed by atoms with Crippen molar-refractivity contribution in [2.24, 2.45) is 7.05 Å². The second-order valence-electron chi connectivity index (χ2n) is 3.95. The van der Waals surface area contributed by atoms with E-state index in [1.807, 2.05) is 23.9 Å². The van der Waals surface area contributed by atoms with E-state index in [0.717, 1.165) is 5.82 Å². The lowest BCUT2D eigenvalue weighted by molar-refractivity contribution is 0.575. The van der Waals surface area contributed by atoms with E-state index in [0.29, 0.717) is 18.7 Å². The summed E-state index contributed by atoms with van der Waals surface area (Å²) in [5, 5.41) is 11.8. The predicted molar refractivity (Wildman–Crippen MR) is 64.9 cm³/mol. The summed E-state index contributed by atoms with van der Waals surface area (Å²) in [5.74, 6) is 0.430.